The number of unbranched alkanes of at least 4 members (excludes halogenated alkanes) is 1. The molecule has 0 bridgehead atoms. The fraction of sp³-hybridized carbons (Fsp3) is 1.00. The first kappa shape index (κ1) is 17.0. The van der Waals surface area contributed by atoms with Crippen LogP contribution in [0.15, 0.2) is 0 Å². The summed E-state index contributed by atoms with van der Waals surface area (Å²) >= 11 is 0. The molecule has 3 unspecified atom stereocenters. The molecule has 0 spiro atoms. The third-order valence-corrected chi connectivity index (χ3v) is 4.51. The van der Waals surface area contributed by atoms with E-state index in [1.807, 2.05) is 0 Å². The normalized spacial score (nSPS) is 26.1. The van der Waals surface area contributed by atoms with Gasteiger partial charge in [-0.15, -0.1) is 0 Å². The first-order valence-corrected chi connectivity index (χ1v) is 8.66. The molecule has 1 saturated carbocycles. The third kappa shape index (κ3) is 6.76. The van der Waals surface area contributed by atoms with Gasteiger partial charge in [0.2, 0.25) is 0 Å². The molecule has 0 amide bonds. The Kier molecular flexibility index (Phi) is 9.54. The quantitative estimate of drug-likeness (QED) is 0.621. The number of nitrogens with one attached hydrogen (secondary N) is 1. The molecule has 0 aromatic heterocycles. The fourth-order valence-electron chi connectivity index (χ4n) is 3.13. The number of ether oxygens (including phenoxy) is 1. The largest absolute Gasteiger partial charge is 0.376 e. The Morgan fingerprint density at radius 3 is 2.58 bits per heavy atom. The van der Waals surface area contributed by atoms with E-state index < -0.39 is 0 Å². The van der Waals surface area contributed by atoms with Crippen molar-refractivity contribution in [2.75, 3.05) is 13.2 Å². The maximum absolute atomic E-state index is 6.32. The van der Waals surface area contributed by atoms with Gasteiger partial charge >= 0.3 is 0 Å². The molecule has 0 heterocycles. The molecule has 19 heavy (non-hydrogen) atoms. The van der Waals surface area contributed by atoms with Crippen LogP contribution in [0.2, 0.25) is 0 Å². The molecule has 0 aliphatic heterocycles. The average molecular weight is 269 g/mol. The first-order valence-electron chi connectivity index (χ1n) is 8.66. The summed E-state index contributed by atoms with van der Waals surface area (Å²) in [5, 5.41) is 3.63. The van der Waals surface area contributed by atoms with Crippen molar-refractivity contribution in [3.63, 3.8) is 0 Å². The summed E-state index contributed by atoms with van der Waals surface area (Å²) in [6.45, 7) is 8.83. The van der Waals surface area contributed by atoms with Gasteiger partial charge in [-0.1, -0.05) is 59.3 Å². The van der Waals surface area contributed by atoms with Crippen LogP contribution in [-0.2, 0) is 4.74 Å². The smallest absolute Gasteiger partial charge is 0.0728 e. The predicted molar refractivity (Wildman–Crippen MR) is 83.6 cm³/mol. The second kappa shape index (κ2) is 10.7. The van der Waals surface area contributed by atoms with Crippen molar-refractivity contribution >= 4 is 0 Å². The van der Waals surface area contributed by atoms with E-state index in [1.54, 1.807) is 0 Å². The lowest BCUT2D eigenvalue weighted by Crippen LogP contribution is -2.41. The van der Waals surface area contributed by atoms with E-state index in [0.717, 1.165) is 19.1 Å². The SMILES string of the molecule is CCCCC(CC)COC1CCCCCC1NCC. The summed E-state index contributed by atoms with van der Waals surface area (Å²) < 4.78 is 6.32. The Morgan fingerprint density at radius 2 is 1.89 bits per heavy atom. The second-order valence-electron chi connectivity index (χ2n) is 6.09. The van der Waals surface area contributed by atoms with Crippen LogP contribution >= 0.6 is 0 Å². The first-order chi connectivity index (χ1) is 9.31. The fourth-order valence-corrected chi connectivity index (χ4v) is 3.13. The second-order valence-corrected chi connectivity index (χ2v) is 6.09. The number of likely N-dealkylation sites (N-methyl/N-ethyl adjacent to an activating group) is 1. The van der Waals surface area contributed by atoms with Crippen molar-refractivity contribution in [3.05, 3.63) is 0 Å². The van der Waals surface area contributed by atoms with Crippen molar-refractivity contribution in [1.29, 1.82) is 0 Å². The minimum atomic E-state index is 0.457. The van der Waals surface area contributed by atoms with Crippen molar-refractivity contribution < 1.29 is 4.74 Å². The molecule has 0 saturated heterocycles. The van der Waals surface area contributed by atoms with Gasteiger partial charge in [-0.3, -0.25) is 0 Å². The lowest BCUT2D eigenvalue weighted by Gasteiger charge is -2.28. The highest BCUT2D eigenvalue weighted by Gasteiger charge is 2.24. The number of hydrogen-bond acceptors (Lipinski definition) is 2. The molecular formula is C17H35NO. The summed E-state index contributed by atoms with van der Waals surface area (Å²) in [6.07, 6.45) is 12.4. The summed E-state index contributed by atoms with van der Waals surface area (Å²) in [5.74, 6) is 0.769. The van der Waals surface area contributed by atoms with Crippen molar-refractivity contribution in [2.24, 2.45) is 5.92 Å². The van der Waals surface area contributed by atoms with Gasteiger partial charge in [0.1, 0.15) is 0 Å². The molecule has 1 N–H and O–H groups in total. The highest BCUT2D eigenvalue weighted by atomic mass is 16.5. The summed E-state index contributed by atoms with van der Waals surface area (Å²) in [5.41, 5.74) is 0. The summed E-state index contributed by atoms with van der Waals surface area (Å²) in [7, 11) is 0. The van der Waals surface area contributed by atoms with E-state index in [1.165, 1.54) is 57.8 Å². The zero-order chi connectivity index (χ0) is 13.9. The molecule has 2 heteroatoms. The van der Waals surface area contributed by atoms with Gasteiger partial charge in [0, 0.05) is 12.6 Å². The zero-order valence-corrected chi connectivity index (χ0v) is 13.4. The van der Waals surface area contributed by atoms with Gasteiger partial charge in [0.25, 0.3) is 0 Å². The van der Waals surface area contributed by atoms with E-state index in [9.17, 15) is 0 Å². The van der Waals surface area contributed by atoms with Crippen LogP contribution in [0.25, 0.3) is 0 Å². The Labute approximate surface area is 120 Å². The van der Waals surface area contributed by atoms with E-state index in [-0.39, 0.29) is 0 Å². The monoisotopic (exact) mass is 269 g/mol. The molecule has 1 rings (SSSR count). The van der Waals surface area contributed by atoms with E-state index in [0.29, 0.717) is 12.1 Å². The van der Waals surface area contributed by atoms with Crippen LogP contribution in [-0.4, -0.2) is 25.3 Å². The molecule has 3 atom stereocenters. The molecule has 1 aliphatic carbocycles. The van der Waals surface area contributed by atoms with Gasteiger partial charge < -0.3 is 10.1 Å². The highest BCUT2D eigenvalue weighted by molar-refractivity contribution is 4.80. The topological polar surface area (TPSA) is 21.3 Å². The molecule has 0 aromatic rings. The summed E-state index contributed by atoms with van der Waals surface area (Å²) in [6, 6.07) is 0.594. The van der Waals surface area contributed by atoms with Crippen molar-refractivity contribution in [2.45, 2.75) is 90.7 Å². The lowest BCUT2D eigenvalue weighted by molar-refractivity contribution is 0.0000924. The maximum Gasteiger partial charge on any atom is 0.0728 e. The minimum Gasteiger partial charge on any atom is -0.376 e. The molecule has 1 aliphatic rings. The van der Waals surface area contributed by atoms with Gasteiger partial charge in [-0.05, 0) is 31.7 Å². The van der Waals surface area contributed by atoms with Crippen molar-refractivity contribution in [1.82, 2.24) is 5.32 Å². The number of rotatable bonds is 9. The predicted octanol–water partition coefficient (Wildman–Crippen LogP) is 4.53. The van der Waals surface area contributed by atoms with Crippen LogP contribution in [0.4, 0.5) is 0 Å². The third-order valence-electron chi connectivity index (χ3n) is 4.51. The zero-order valence-electron chi connectivity index (χ0n) is 13.4. The Bertz CT molecular complexity index is 207. The molecule has 1 fully saturated rings. The highest BCUT2D eigenvalue weighted by Crippen LogP contribution is 2.22. The van der Waals surface area contributed by atoms with Crippen LogP contribution in [0, 0.1) is 5.92 Å². The Morgan fingerprint density at radius 1 is 1.11 bits per heavy atom. The molecular weight excluding hydrogens is 234 g/mol. The van der Waals surface area contributed by atoms with Gasteiger partial charge in [0.05, 0.1) is 6.10 Å². The number of hydrogen-bond donors (Lipinski definition) is 1. The van der Waals surface area contributed by atoms with Gasteiger partial charge in [0.15, 0.2) is 0 Å². The van der Waals surface area contributed by atoms with E-state index in [4.69, 9.17) is 4.74 Å². The van der Waals surface area contributed by atoms with Crippen LogP contribution in [0.5, 0.6) is 0 Å². The molecule has 2 nitrogen and oxygen atoms in total. The standard InChI is InChI=1S/C17H35NO/c1-4-7-11-15(5-2)14-19-17-13-10-8-9-12-16(17)18-6-3/h15-18H,4-14H2,1-3H3. The van der Waals surface area contributed by atoms with E-state index in [2.05, 4.69) is 26.1 Å². The molecule has 0 aromatic carbocycles. The summed E-state index contributed by atoms with van der Waals surface area (Å²) in [4.78, 5) is 0. The molecule has 0 radical (unpaired) electrons. The maximum atomic E-state index is 6.32. The van der Waals surface area contributed by atoms with Gasteiger partial charge in [-0.25, -0.2) is 0 Å². The van der Waals surface area contributed by atoms with Gasteiger partial charge in [-0.2, -0.15) is 0 Å². The van der Waals surface area contributed by atoms with Crippen molar-refractivity contribution in [3.8, 4) is 0 Å². The Balaban J connectivity index is 2.37. The average Bonchev–Trinajstić information content (AvgIpc) is 2.65. The molecule has 114 valence electrons. The van der Waals surface area contributed by atoms with Crippen LogP contribution in [0.3, 0.4) is 0 Å². The van der Waals surface area contributed by atoms with Crippen LogP contribution in [0.1, 0.15) is 78.6 Å². The minimum absolute atomic E-state index is 0.457. The van der Waals surface area contributed by atoms with Crippen LogP contribution < -0.4 is 5.32 Å². The Hall–Kier alpha value is -0.0800. The van der Waals surface area contributed by atoms with E-state index >= 15 is 0 Å². The lowest BCUT2D eigenvalue weighted by atomic mass is 10.00.